The molecule has 0 saturated carbocycles. The van der Waals surface area contributed by atoms with E-state index in [-0.39, 0.29) is 25.7 Å². The largest absolute Gasteiger partial charge is 0.472 e. The van der Waals surface area contributed by atoms with Crippen molar-refractivity contribution in [3.63, 3.8) is 0 Å². The second-order valence-corrected chi connectivity index (χ2v) is 32.9. The summed E-state index contributed by atoms with van der Waals surface area (Å²) in [5, 5.41) is 10.6. The first kappa shape index (κ1) is 97.1. The van der Waals surface area contributed by atoms with E-state index in [0.29, 0.717) is 25.7 Å². The second kappa shape index (κ2) is 70.4. The number of rotatable bonds is 78. The fourth-order valence-electron chi connectivity index (χ4n) is 12.3. The van der Waals surface area contributed by atoms with E-state index in [9.17, 15) is 43.2 Å². The molecule has 0 radical (unpaired) electrons. The normalized spacial score (nSPS) is 14.3. The molecule has 0 rings (SSSR count). The van der Waals surface area contributed by atoms with Crippen molar-refractivity contribution in [1.29, 1.82) is 0 Å². The van der Waals surface area contributed by atoms with E-state index >= 15 is 0 Å². The van der Waals surface area contributed by atoms with Crippen LogP contribution in [0.4, 0.5) is 0 Å². The maximum Gasteiger partial charge on any atom is 0.472 e. The van der Waals surface area contributed by atoms with E-state index in [2.05, 4.69) is 48.5 Å². The molecule has 0 saturated heterocycles. The van der Waals surface area contributed by atoms with Crippen LogP contribution in [-0.2, 0) is 65.4 Å². The van der Waals surface area contributed by atoms with Crippen molar-refractivity contribution in [3.05, 3.63) is 0 Å². The molecule has 0 aliphatic rings. The molecule has 6 atom stereocenters. The lowest BCUT2D eigenvalue weighted by Crippen LogP contribution is -2.30. The zero-order valence-corrected chi connectivity index (χ0v) is 66.8. The number of aliphatic hydroxyl groups excluding tert-OH is 1. The summed E-state index contributed by atoms with van der Waals surface area (Å²) in [7, 11) is -9.92. The first-order chi connectivity index (χ1) is 47.8. The Morgan fingerprint density at radius 3 is 0.768 bits per heavy atom. The maximum absolute atomic E-state index is 13.1. The summed E-state index contributed by atoms with van der Waals surface area (Å²) in [5.74, 6) is 0.245. The number of carbonyl (C=O) groups excluding carboxylic acids is 4. The number of aliphatic hydroxyl groups is 1. The van der Waals surface area contributed by atoms with E-state index in [4.69, 9.17) is 37.0 Å². The molecule has 19 heteroatoms. The fraction of sp³-hybridized carbons (Fsp3) is 0.950. The molecule has 0 bridgehead atoms. The Balaban J connectivity index is 5.27. The van der Waals surface area contributed by atoms with E-state index in [1.807, 2.05) is 0 Å². The van der Waals surface area contributed by atoms with Crippen molar-refractivity contribution >= 4 is 39.5 Å². The number of unbranched alkanes of at least 4 members (excludes halogenated alkanes) is 45. The van der Waals surface area contributed by atoms with Crippen molar-refractivity contribution in [1.82, 2.24) is 0 Å². The number of esters is 4. The molecule has 0 aromatic carbocycles. The van der Waals surface area contributed by atoms with Crippen LogP contribution in [0.15, 0.2) is 0 Å². The molecule has 99 heavy (non-hydrogen) atoms. The lowest BCUT2D eigenvalue weighted by Gasteiger charge is -2.21. The Morgan fingerprint density at radius 1 is 0.293 bits per heavy atom. The minimum atomic E-state index is -4.96. The van der Waals surface area contributed by atoms with Crippen molar-refractivity contribution < 1.29 is 80.2 Å². The van der Waals surface area contributed by atoms with Gasteiger partial charge < -0.3 is 33.8 Å². The van der Waals surface area contributed by atoms with Crippen LogP contribution < -0.4 is 0 Å². The molecule has 0 spiro atoms. The van der Waals surface area contributed by atoms with Crippen LogP contribution in [0.3, 0.4) is 0 Å². The van der Waals surface area contributed by atoms with Gasteiger partial charge in [-0.2, -0.15) is 0 Å². The lowest BCUT2D eigenvalue weighted by atomic mass is 9.99. The molecule has 3 N–H and O–H groups in total. The average molecular weight is 1450 g/mol. The first-order valence-electron chi connectivity index (χ1n) is 41.4. The van der Waals surface area contributed by atoms with Crippen molar-refractivity contribution in [2.45, 2.75) is 433 Å². The number of ether oxygens (including phenoxy) is 4. The second-order valence-electron chi connectivity index (χ2n) is 30.0. The van der Waals surface area contributed by atoms with Gasteiger partial charge in [0.1, 0.15) is 19.3 Å². The van der Waals surface area contributed by atoms with Gasteiger partial charge in [0.25, 0.3) is 0 Å². The number of phosphoric acid groups is 2. The third kappa shape index (κ3) is 72.8. The van der Waals surface area contributed by atoms with Crippen LogP contribution in [0, 0.1) is 17.8 Å². The van der Waals surface area contributed by atoms with Gasteiger partial charge in [-0.25, -0.2) is 9.13 Å². The third-order valence-corrected chi connectivity index (χ3v) is 20.9. The molecule has 3 unspecified atom stereocenters. The van der Waals surface area contributed by atoms with Gasteiger partial charge in [-0.1, -0.05) is 363 Å². The molecule has 0 aromatic heterocycles. The molecular weight excluding hydrogens is 1290 g/mol. The van der Waals surface area contributed by atoms with Crippen molar-refractivity contribution in [2.75, 3.05) is 39.6 Å². The van der Waals surface area contributed by atoms with Crippen LogP contribution in [0.2, 0.25) is 0 Å². The number of hydrogen-bond donors (Lipinski definition) is 3. The fourth-order valence-corrected chi connectivity index (χ4v) is 13.9. The third-order valence-electron chi connectivity index (χ3n) is 19.0. The standard InChI is InChI=1S/C80H156O17P2/c1-8-10-11-12-13-14-15-16-17-22-28-33-42-49-56-63-79(84)97-76(68-91-78(83)62-55-48-41-36-35-39-46-53-60-73(7)9-2)70-95-99(88,89)93-66-74(81)65-92-98(86,87)94-69-75(96-80(85)64-57-50-43-34-29-24-19-21-26-31-38-45-52-59-72(5)6)67-90-77(82)61-54-47-40-32-27-23-18-20-25-30-37-44-51-58-71(3)4/h71-76,81H,8-70H2,1-7H3,(H,86,87)(H,88,89)/t73?,74-,75-,76-/m1/s1. The van der Waals surface area contributed by atoms with Crippen LogP contribution in [0.5, 0.6) is 0 Å². The summed E-state index contributed by atoms with van der Waals surface area (Å²) in [6.45, 7) is 12.0. The van der Waals surface area contributed by atoms with E-state index in [1.165, 1.54) is 225 Å². The molecule has 0 aliphatic heterocycles. The van der Waals surface area contributed by atoms with Gasteiger partial charge >= 0.3 is 39.5 Å². The highest BCUT2D eigenvalue weighted by molar-refractivity contribution is 7.47. The van der Waals surface area contributed by atoms with Crippen LogP contribution in [0.1, 0.15) is 414 Å². The van der Waals surface area contributed by atoms with Crippen LogP contribution in [0.25, 0.3) is 0 Å². The Labute approximate surface area is 607 Å². The highest BCUT2D eigenvalue weighted by atomic mass is 31.2. The smallest absolute Gasteiger partial charge is 0.462 e. The molecule has 588 valence electrons. The topological polar surface area (TPSA) is 237 Å². The van der Waals surface area contributed by atoms with Gasteiger partial charge in [0, 0.05) is 25.7 Å². The zero-order chi connectivity index (χ0) is 73.0. The molecular formula is C80H156O17P2. The van der Waals surface area contributed by atoms with Crippen LogP contribution >= 0.6 is 15.6 Å². The molecule has 0 aromatic rings. The minimum Gasteiger partial charge on any atom is -0.462 e. The van der Waals surface area contributed by atoms with Gasteiger partial charge in [0.15, 0.2) is 12.2 Å². The Morgan fingerprint density at radius 2 is 0.515 bits per heavy atom. The van der Waals surface area contributed by atoms with Crippen molar-refractivity contribution in [2.24, 2.45) is 17.8 Å². The summed E-state index contributed by atoms with van der Waals surface area (Å²) in [4.78, 5) is 73.0. The van der Waals surface area contributed by atoms with Crippen LogP contribution in [-0.4, -0.2) is 96.7 Å². The highest BCUT2D eigenvalue weighted by Gasteiger charge is 2.30. The summed E-state index contributed by atoms with van der Waals surface area (Å²) >= 11 is 0. The Kier molecular flexibility index (Phi) is 69.0. The van der Waals surface area contributed by atoms with Crippen molar-refractivity contribution in [3.8, 4) is 0 Å². The SMILES string of the molecule is CCCCCCCCCCCCCCCCCC(=O)O[C@H](COC(=O)CCCCCCCCCCC(C)CC)COP(=O)(O)OC[C@H](O)COP(=O)(O)OC[C@@H](COC(=O)CCCCCCCCCCCCCCCC(C)C)OC(=O)CCCCCCCCCCCCCCCC(C)C. The molecule has 0 fully saturated rings. The first-order valence-corrected chi connectivity index (χ1v) is 44.4. The molecule has 0 heterocycles. The predicted octanol–water partition coefficient (Wildman–Crippen LogP) is 23.7. The van der Waals surface area contributed by atoms with Gasteiger partial charge in [0.2, 0.25) is 0 Å². The Bertz CT molecular complexity index is 1920. The van der Waals surface area contributed by atoms with E-state index in [1.54, 1.807) is 0 Å². The number of carbonyl (C=O) groups is 4. The predicted molar refractivity (Wildman–Crippen MR) is 405 cm³/mol. The Hall–Kier alpha value is -1.94. The van der Waals surface area contributed by atoms with Gasteiger partial charge in [-0.15, -0.1) is 0 Å². The quantitative estimate of drug-likeness (QED) is 0.0222. The number of hydrogen-bond acceptors (Lipinski definition) is 15. The van der Waals surface area contributed by atoms with E-state index < -0.39 is 97.5 Å². The summed E-state index contributed by atoms with van der Waals surface area (Å²) in [6, 6.07) is 0. The monoisotopic (exact) mass is 1450 g/mol. The average Bonchev–Trinajstić information content (AvgIpc) is 1.02. The van der Waals surface area contributed by atoms with Gasteiger partial charge in [-0.05, 0) is 43.4 Å². The zero-order valence-electron chi connectivity index (χ0n) is 65.0. The van der Waals surface area contributed by atoms with E-state index in [0.717, 1.165) is 108 Å². The summed E-state index contributed by atoms with van der Waals surface area (Å²) < 4.78 is 68.7. The summed E-state index contributed by atoms with van der Waals surface area (Å²) in [6.07, 6.45) is 58.1. The maximum atomic E-state index is 13.1. The molecule has 0 amide bonds. The molecule has 0 aliphatic carbocycles. The molecule has 17 nitrogen and oxygen atoms in total. The summed E-state index contributed by atoms with van der Waals surface area (Å²) in [5.41, 5.74) is 0. The highest BCUT2D eigenvalue weighted by Crippen LogP contribution is 2.45. The van der Waals surface area contributed by atoms with Gasteiger partial charge in [-0.3, -0.25) is 37.3 Å². The minimum absolute atomic E-state index is 0.107. The lowest BCUT2D eigenvalue weighted by molar-refractivity contribution is -0.161. The van der Waals surface area contributed by atoms with Gasteiger partial charge in [0.05, 0.1) is 26.4 Å². The number of phosphoric ester groups is 2.